The molecule has 3 N–H and O–H groups in total. The van der Waals surface area contributed by atoms with Crippen molar-refractivity contribution < 1.29 is 9.59 Å². The molecule has 9 heteroatoms. The average molecular weight is 429 g/mol. The molecule has 3 amide bonds. The third kappa shape index (κ3) is 5.63. The van der Waals surface area contributed by atoms with Gasteiger partial charge in [0.2, 0.25) is 5.91 Å². The summed E-state index contributed by atoms with van der Waals surface area (Å²) in [7, 11) is 0. The van der Waals surface area contributed by atoms with Crippen LogP contribution in [0.15, 0.2) is 35.2 Å². The number of amides is 3. The molecule has 0 bridgehead atoms. The van der Waals surface area contributed by atoms with Crippen LogP contribution in [0.1, 0.15) is 31.3 Å². The first-order valence-electron chi connectivity index (χ1n) is 10.00. The minimum absolute atomic E-state index is 0.150. The van der Waals surface area contributed by atoms with Crippen LogP contribution in [0.25, 0.3) is 0 Å². The minimum Gasteiger partial charge on any atom is -0.369 e. The Kier molecular flexibility index (Phi) is 7.15. The fraction of sp³-hybridized carbons (Fsp3) is 0.429. The Bertz CT molecular complexity index is 912. The number of primary amides is 1. The zero-order valence-corrected chi connectivity index (χ0v) is 18.4. The van der Waals surface area contributed by atoms with Gasteiger partial charge < -0.3 is 20.9 Å². The normalized spacial score (nSPS) is 14.1. The monoisotopic (exact) mass is 428 g/mol. The molecule has 0 aliphatic carbocycles. The van der Waals surface area contributed by atoms with Crippen molar-refractivity contribution in [3.63, 3.8) is 0 Å². The Balaban J connectivity index is 1.61. The molecule has 1 fully saturated rings. The van der Waals surface area contributed by atoms with Gasteiger partial charge in [0.25, 0.3) is 0 Å². The topological polar surface area (TPSA) is 104 Å². The summed E-state index contributed by atoms with van der Waals surface area (Å²) < 4.78 is 0. The van der Waals surface area contributed by atoms with Gasteiger partial charge in [-0.05, 0) is 19.1 Å². The number of carbonyl (C=O) groups excluding carboxylic acids is 2. The number of hydrogen-bond acceptors (Lipinski definition) is 6. The van der Waals surface area contributed by atoms with E-state index >= 15 is 0 Å². The Morgan fingerprint density at radius 3 is 2.53 bits per heavy atom. The van der Waals surface area contributed by atoms with Crippen molar-refractivity contribution in [2.45, 2.75) is 31.6 Å². The molecule has 0 spiro atoms. The molecule has 0 radical (unpaired) electrons. The number of thioether (sulfide) groups is 1. The van der Waals surface area contributed by atoms with Gasteiger partial charge in [-0.2, -0.15) is 0 Å². The van der Waals surface area contributed by atoms with Crippen molar-refractivity contribution >= 4 is 35.2 Å². The number of anilines is 2. The molecule has 30 heavy (non-hydrogen) atoms. The third-order valence-corrected chi connectivity index (χ3v) is 5.86. The van der Waals surface area contributed by atoms with Gasteiger partial charge in [0.15, 0.2) is 0 Å². The first-order chi connectivity index (χ1) is 14.3. The minimum atomic E-state index is -0.391. The second-order valence-corrected chi connectivity index (χ2v) is 8.55. The van der Waals surface area contributed by atoms with E-state index in [-0.39, 0.29) is 17.7 Å². The molecule has 160 valence electrons. The molecule has 0 unspecified atom stereocenters. The maximum Gasteiger partial charge on any atom is 0.321 e. The molecule has 2 heterocycles. The van der Waals surface area contributed by atoms with Crippen molar-refractivity contribution in [3.05, 3.63) is 41.9 Å². The maximum atomic E-state index is 12.8. The summed E-state index contributed by atoms with van der Waals surface area (Å²) in [6.07, 6.45) is 0. The van der Waals surface area contributed by atoms with E-state index < -0.39 is 5.91 Å². The number of para-hydroxylation sites is 1. The van der Waals surface area contributed by atoms with E-state index in [4.69, 9.17) is 10.7 Å². The Hall–Kier alpha value is -2.81. The van der Waals surface area contributed by atoms with Crippen molar-refractivity contribution in [1.82, 2.24) is 14.9 Å². The molecule has 1 aliphatic rings. The first-order valence-corrected chi connectivity index (χ1v) is 11.0. The van der Waals surface area contributed by atoms with Crippen molar-refractivity contribution in [2.24, 2.45) is 5.73 Å². The van der Waals surface area contributed by atoms with Crippen LogP contribution in [0.5, 0.6) is 0 Å². The summed E-state index contributed by atoms with van der Waals surface area (Å²) in [6, 6.07) is 9.26. The van der Waals surface area contributed by atoms with Gasteiger partial charge in [-0.1, -0.05) is 26.0 Å². The van der Waals surface area contributed by atoms with E-state index in [0.29, 0.717) is 31.9 Å². The zero-order chi connectivity index (χ0) is 21.7. The molecule has 3 rings (SSSR count). The summed E-state index contributed by atoms with van der Waals surface area (Å²) in [5.41, 5.74) is 6.87. The van der Waals surface area contributed by atoms with Gasteiger partial charge in [-0.25, -0.2) is 14.8 Å². The third-order valence-electron chi connectivity index (χ3n) is 4.76. The van der Waals surface area contributed by atoms with Crippen LogP contribution < -0.4 is 16.0 Å². The van der Waals surface area contributed by atoms with E-state index in [0.717, 1.165) is 22.2 Å². The van der Waals surface area contributed by atoms with Crippen molar-refractivity contribution in [1.29, 1.82) is 0 Å². The lowest BCUT2D eigenvalue weighted by atomic mass is 10.2. The molecule has 1 aliphatic heterocycles. The van der Waals surface area contributed by atoms with Crippen LogP contribution in [0, 0.1) is 6.92 Å². The number of hydrogen-bond donors (Lipinski definition) is 2. The smallest absolute Gasteiger partial charge is 0.321 e. The van der Waals surface area contributed by atoms with Crippen molar-refractivity contribution in [3.8, 4) is 0 Å². The number of aromatic nitrogens is 2. The highest BCUT2D eigenvalue weighted by molar-refractivity contribution is 8.00. The quantitative estimate of drug-likeness (QED) is 0.686. The van der Waals surface area contributed by atoms with Crippen LogP contribution in [0.4, 0.5) is 16.3 Å². The number of nitrogens with zero attached hydrogens (tertiary/aromatic N) is 4. The van der Waals surface area contributed by atoms with Crippen LogP contribution >= 0.6 is 11.8 Å². The van der Waals surface area contributed by atoms with E-state index in [1.807, 2.05) is 37.3 Å². The number of nitrogens with one attached hydrogen (secondary N) is 1. The number of carbonyl (C=O) groups is 2. The number of benzene rings is 1. The number of rotatable bonds is 6. The fourth-order valence-electron chi connectivity index (χ4n) is 3.17. The lowest BCUT2D eigenvalue weighted by molar-refractivity contribution is -0.115. The molecule has 0 atom stereocenters. The Morgan fingerprint density at radius 1 is 1.17 bits per heavy atom. The van der Waals surface area contributed by atoms with E-state index in [2.05, 4.69) is 29.0 Å². The molecule has 1 aromatic carbocycles. The number of urea groups is 1. The molecule has 8 nitrogen and oxygen atoms in total. The summed E-state index contributed by atoms with van der Waals surface area (Å²) in [5.74, 6) is 1.80. The molecule has 2 aromatic rings. The Morgan fingerprint density at radius 2 is 1.87 bits per heavy atom. The zero-order valence-electron chi connectivity index (χ0n) is 17.6. The first kappa shape index (κ1) is 21.9. The summed E-state index contributed by atoms with van der Waals surface area (Å²) >= 11 is 1.32. The van der Waals surface area contributed by atoms with E-state index in [1.54, 1.807) is 4.90 Å². The standard InChI is InChI=1S/C21H28N6O2S/c1-14(2)20-23-15(3)12-19(25-20)26-8-10-27(11-9-26)21(29)24-16-6-4-5-7-17(16)30-13-18(22)28/h4-7,12,14H,8-11,13H2,1-3H3,(H2,22,28)(H,24,29). The highest BCUT2D eigenvalue weighted by atomic mass is 32.2. The molecular weight excluding hydrogens is 400 g/mol. The maximum absolute atomic E-state index is 12.8. The molecule has 1 aromatic heterocycles. The van der Waals surface area contributed by atoms with Gasteiger partial charge in [-0.15, -0.1) is 11.8 Å². The number of aryl methyl sites for hydroxylation is 1. The van der Waals surface area contributed by atoms with Crippen LogP contribution in [-0.4, -0.2) is 58.7 Å². The van der Waals surface area contributed by atoms with E-state index in [1.165, 1.54) is 11.8 Å². The van der Waals surface area contributed by atoms with Gasteiger partial charge >= 0.3 is 6.03 Å². The SMILES string of the molecule is Cc1cc(N2CCN(C(=O)Nc3ccccc3SCC(N)=O)CC2)nc(C(C)C)n1. The lowest BCUT2D eigenvalue weighted by Crippen LogP contribution is -2.50. The average Bonchev–Trinajstić information content (AvgIpc) is 2.72. The fourth-order valence-corrected chi connectivity index (χ4v) is 3.92. The Labute approximate surface area is 181 Å². The van der Waals surface area contributed by atoms with Gasteiger partial charge in [0.05, 0.1) is 11.4 Å². The predicted molar refractivity (Wildman–Crippen MR) is 120 cm³/mol. The van der Waals surface area contributed by atoms with Crippen LogP contribution in [-0.2, 0) is 4.79 Å². The summed E-state index contributed by atoms with van der Waals surface area (Å²) in [6.45, 7) is 8.76. The van der Waals surface area contributed by atoms with Gasteiger partial charge in [0, 0.05) is 48.8 Å². The van der Waals surface area contributed by atoms with Gasteiger partial charge in [-0.3, -0.25) is 4.79 Å². The second kappa shape index (κ2) is 9.80. The molecule has 1 saturated heterocycles. The molecular formula is C21H28N6O2S. The lowest BCUT2D eigenvalue weighted by Gasteiger charge is -2.35. The predicted octanol–water partition coefficient (Wildman–Crippen LogP) is 2.84. The summed E-state index contributed by atoms with van der Waals surface area (Å²) in [4.78, 5) is 37.9. The van der Waals surface area contributed by atoms with E-state index in [9.17, 15) is 9.59 Å². The number of nitrogens with two attached hydrogens (primary N) is 1. The van der Waals surface area contributed by atoms with Gasteiger partial charge in [0.1, 0.15) is 11.6 Å². The second-order valence-electron chi connectivity index (χ2n) is 7.54. The highest BCUT2D eigenvalue weighted by Gasteiger charge is 2.23. The summed E-state index contributed by atoms with van der Waals surface area (Å²) in [5, 5.41) is 2.96. The number of piperazine rings is 1. The van der Waals surface area contributed by atoms with Crippen LogP contribution in [0.3, 0.4) is 0 Å². The highest BCUT2D eigenvalue weighted by Crippen LogP contribution is 2.27. The molecule has 0 saturated carbocycles. The van der Waals surface area contributed by atoms with Crippen LogP contribution in [0.2, 0.25) is 0 Å². The van der Waals surface area contributed by atoms with Crippen molar-refractivity contribution in [2.75, 3.05) is 42.1 Å². The largest absolute Gasteiger partial charge is 0.369 e.